The number of carbonyl (C=O) groups is 1. The van der Waals surface area contributed by atoms with Gasteiger partial charge in [0, 0.05) is 18.1 Å². The Kier molecular flexibility index (Phi) is 5.80. The summed E-state index contributed by atoms with van der Waals surface area (Å²) in [5, 5.41) is 0.533. The summed E-state index contributed by atoms with van der Waals surface area (Å²) in [4.78, 5) is 12.0. The molecule has 1 N–H and O–H groups in total. The van der Waals surface area contributed by atoms with Gasteiger partial charge in [0.05, 0.1) is 6.61 Å². The number of esters is 1. The van der Waals surface area contributed by atoms with E-state index >= 15 is 0 Å². The molecule has 6 nitrogen and oxygen atoms in total. The summed E-state index contributed by atoms with van der Waals surface area (Å²) in [7, 11) is -3.67. The molecule has 0 aliphatic carbocycles. The fourth-order valence-corrected chi connectivity index (χ4v) is 3.74. The van der Waals surface area contributed by atoms with Crippen molar-refractivity contribution in [2.45, 2.75) is 25.8 Å². The summed E-state index contributed by atoms with van der Waals surface area (Å²) in [6.07, 6.45) is 1.02. The topological polar surface area (TPSA) is 75.7 Å². The molecule has 1 aromatic carbocycles. The van der Waals surface area contributed by atoms with E-state index in [2.05, 4.69) is 4.72 Å². The van der Waals surface area contributed by atoms with E-state index in [9.17, 15) is 13.2 Å². The normalized spacial score (nSPS) is 16.8. The first kappa shape index (κ1) is 17.2. The minimum atomic E-state index is -3.67. The van der Waals surface area contributed by atoms with E-state index in [0.29, 0.717) is 18.1 Å². The minimum absolute atomic E-state index is 0.187. The quantitative estimate of drug-likeness (QED) is 0.756. The second kappa shape index (κ2) is 7.41. The standard InChI is InChI=1S/C14H19ClN2O4S/c1-2-21-14(18)13(10-11-5-3-6-12(15)9-11)16-22(19,20)17-7-4-8-17/h3,5-6,9,13,16H,2,4,7-8,10H2,1H3. The molecule has 1 saturated heterocycles. The van der Waals surface area contributed by atoms with Crippen LogP contribution in [0.25, 0.3) is 0 Å². The number of nitrogens with zero attached hydrogens (tertiary/aromatic N) is 1. The molecular formula is C14H19ClN2O4S. The maximum Gasteiger partial charge on any atom is 0.324 e. The number of carbonyl (C=O) groups excluding carboxylic acids is 1. The van der Waals surface area contributed by atoms with Crippen molar-refractivity contribution in [3.8, 4) is 0 Å². The highest BCUT2D eigenvalue weighted by Gasteiger charge is 2.33. The molecule has 0 saturated carbocycles. The summed E-state index contributed by atoms with van der Waals surface area (Å²) in [6.45, 7) is 2.82. The first-order valence-corrected chi connectivity index (χ1v) is 8.92. The van der Waals surface area contributed by atoms with Gasteiger partial charge < -0.3 is 4.74 Å². The van der Waals surface area contributed by atoms with Crippen molar-refractivity contribution in [3.05, 3.63) is 34.9 Å². The Morgan fingerprint density at radius 2 is 2.18 bits per heavy atom. The smallest absolute Gasteiger partial charge is 0.324 e. The number of rotatable bonds is 7. The summed E-state index contributed by atoms with van der Waals surface area (Å²) >= 11 is 5.92. The van der Waals surface area contributed by atoms with Crippen molar-refractivity contribution >= 4 is 27.8 Å². The lowest BCUT2D eigenvalue weighted by Gasteiger charge is -2.31. The fraction of sp³-hybridized carbons (Fsp3) is 0.500. The molecule has 1 atom stereocenters. The molecule has 1 aliphatic heterocycles. The lowest BCUT2D eigenvalue weighted by atomic mass is 10.1. The Bertz CT molecular complexity index is 631. The zero-order chi connectivity index (χ0) is 16.2. The number of benzene rings is 1. The molecule has 1 heterocycles. The van der Waals surface area contributed by atoms with E-state index in [1.165, 1.54) is 4.31 Å². The van der Waals surface area contributed by atoms with E-state index in [1.807, 2.05) is 0 Å². The molecule has 0 radical (unpaired) electrons. The van der Waals surface area contributed by atoms with Crippen molar-refractivity contribution in [2.75, 3.05) is 19.7 Å². The highest BCUT2D eigenvalue weighted by molar-refractivity contribution is 7.87. The molecule has 0 bridgehead atoms. The molecule has 2 rings (SSSR count). The van der Waals surface area contributed by atoms with Gasteiger partial charge in [0.1, 0.15) is 6.04 Å². The fourth-order valence-electron chi connectivity index (χ4n) is 2.10. The van der Waals surface area contributed by atoms with Gasteiger partial charge in [0.25, 0.3) is 10.2 Å². The van der Waals surface area contributed by atoms with Gasteiger partial charge >= 0.3 is 5.97 Å². The van der Waals surface area contributed by atoms with Gasteiger partial charge in [-0.2, -0.15) is 17.4 Å². The SMILES string of the molecule is CCOC(=O)C(Cc1cccc(Cl)c1)NS(=O)(=O)N1CCC1. The monoisotopic (exact) mass is 346 g/mol. The second-order valence-corrected chi connectivity index (χ2v) is 7.15. The number of hydrogen-bond acceptors (Lipinski definition) is 4. The van der Waals surface area contributed by atoms with Crippen LogP contribution in [-0.4, -0.2) is 44.4 Å². The number of halogens is 1. The van der Waals surface area contributed by atoms with E-state index in [-0.39, 0.29) is 13.0 Å². The second-order valence-electron chi connectivity index (χ2n) is 5.01. The van der Waals surface area contributed by atoms with E-state index < -0.39 is 22.2 Å². The highest BCUT2D eigenvalue weighted by Crippen LogP contribution is 2.15. The number of ether oxygens (including phenoxy) is 1. The first-order valence-electron chi connectivity index (χ1n) is 7.11. The Morgan fingerprint density at radius 3 is 2.73 bits per heavy atom. The van der Waals surface area contributed by atoms with Gasteiger partial charge in [-0.05, 0) is 37.5 Å². The first-order chi connectivity index (χ1) is 10.4. The molecule has 1 aliphatic rings. The third kappa shape index (κ3) is 4.42. The zero-order valence-electron chi connectivity index (χ0n) is 12.3. The summed E-state index contributed by atoms with van der Waals surface area (Å²) in [5.74, 6) is -0.591. The highest BCUT2D eigenvalue weighted by atomic mass is 35.5. The largest absolute Gasteiger partial charge is 0.465 e. The van der Waals surface area contributed by atoms with Gasteiger partial charge in [-0.25, -0.2) is 0 Å². The van der Waals surface area contributed by atoms with Gasteiger partial charge in [0.15, 0.2) is 0 Å². The zero-order valence-corrected chi connectivity index (χ0v) is 13.9. The molecule has 0 aromatic heterocycles. The predicted molar refractivity (Wildman–Crippen MR) is 83.8 cm³/mol. The predicted octanol–water partition coefficient (Wildman–Crippen LogP) is 1.35. The van der Waals surface area contributed by atoms with Crippen LogP contribution in [0.1, 0.15) is 18.9 Å². The minimum Gasteiger partial charge on any atom is -0.465 e. The van der Waals surface area contributed by atoms with Gasteiger partial charge in [-0.3, -0.25) is 4.79 Å². The van der Waals surface area contributed by atoms with E-state index in [1.54, 1.807) is 31.2 Å². The third-order valence-corrected chi connectivity index (χ3v) is 5.21. The van der Waals surface area contributed by atoms with Gasteiger partial charge in [-0.15, -0.1) is 0 Å². The average molecular weight is 347 g/mol. The van der Waals surface area contributed by atoms with Crippen LogP contribution < -0.4 is 4.72 Å². The van der Waals surface area contributed by atoms with Crippen LogP contribution in [0.2, 0.25) is 5.02 Å². The summed E-state index contributed by atoms with van der Waals surface area (Å²) < 4.78 is 33.0. The summed E-state index contributed by atoms with van der Waals surface area (Å²) in [5.41, 5.74) is 0.761. The summed E-state index contributed by atoms with van der Waals surface area (Å²) in [6, 6.07) is 5.99. The van der Waals surface area contributed by atoms with Crippen LogP contribution in [0.4, 0.5) is 0 Å². The van der Waals surface area contributed by atoms with Crippen molar-refractivity contribution < 1.29 is 17.9 Å². The maximum atomic E-state index is 12.2. The molecule has 0 amide bonds. The lowest BCUT2D eigenvalue weighted by molar-refractivity contribution is -0.145. The third-order valence-electron chi connectivity index (χ3n) is 3.35. The average Bonchev–Trinajstić information content (AvgIpc) is 2.35. The van der Waals surface area contributed by atoms with Crippen molar-refractivity contribution in [3.63, 3.8) is 0 Å². The van der Waals surface area contributed by atoms with E-state index in [0.717, 1.165) is 12.0 Å². The van der Waals surface area contributed by atoms with Crippen LogP contribution in [-0.2, 0) is 26.2 Å². The number of hydrogen-bond donors (Lipinski definition) is 1. The lowest BCUT2D eigenvalue weighted by Crippen LogP contribution is -2.53. The van der Waals surface area contributed by atoms with Crippen LogP contribution in [0, 0.1) is 0 Å². The molecule has 8 heteroatoms. The van der Waals surface area contributed by atoms with Crippen molar-refractivity contribution in [1.29, 1.82) is 0 Å². The van der Waals surface area contributed by atoms with Gasteiger partial charge in [-0.1, -0.05) is 23.7 Å². The Hall–Kier alpha value is -1.15. The van der Waals surface area contributed by atoms with E-state index in [4.69, 9.17) is 16.3 Å². The molecule has 122 valence electrons. The molecule has 1 aromatic rings. The Balaban J connectivity index is 2.13. The van der Waals surface area contributed by atoms with Crippen LogP contribution in [0.15, 0.2) is 24.3 Å². The van der Waals surface area contributed by atoms with Crippen LogP contribution in [0.5, 0.6) is 0 Å². The molecule has 1 unspecified atom stereocenters. The molecule has 1 fully saturated rings. The van der Waals surface area contributed by atoms with Crippen LogP contribution in [0.3, 0.4) is 0 Å². The molecule has 22 heavy (non-hydrogen) atoms. The maximum absolute atomic E-state index is 12.2. The molecule has 0 spiro atoms. The van der Waals surface area contributed by atoms with Crippen molar-refractivity contribution in [1.82, 2.24) is 9.03 Å². The Morgan fingerprint density at radius 1 is 1.45 bits per heavy atom. The van der Waals surface area contributed by atoms with Crippen molar-refractivity contribution in [2.24, 2.45) is 0 Å². The Labute approximate surface area is 135 Å². The van der Waals surface area contributed by atoms with Crippen LogP contribution >= 0.6 is 11.6 Å². The van der Waals surface area contributed by atoms with Gasteiger partial charge in [0.2, 0.25) is 0 Å². The number of nitrogens with one attached hydrogen (secondary N) is 1. The molecular weight excluding hydrogens is 328 g/mol.